The Bertz CT molecular complexity index is 663. The van der Waals surface area contributed by atoms with Crippen molar-refractivity contribution >= 4 is 11.5 Å². The second-order valence-corrected chi connectivity index (χ2v) is 5.14. The summed E-state index contributed by atoms with van der Waals surface area (Å²) in [7, 11) is 2.58. The Labute approximate surface area is 135 Å². The van der Waals surface area contributed by atoms with Crippen LogP contribution in [0.2, 0.25) is 0 Å². The number of hydrogen-bond donors (Lipinski definition) is 5. The Balaban J connectivity index is 2.38. The maximum atomic E-state index is 12.0. The minimum atomic E-state index is -1.63. The highest BCUT2D eigenvalue weighted by atomic mass is 16.6. The first-order valence-corrected chi connectivity index (χ1v) is 6.91. The Morgan fingerprint density at radius 3 is 2.54 bits per heavy atom. The molecule has 1 fully saturated rings. The molecule has 12 heteroatoms. The van der Waals surface area contributed by atoms with E-state index in [1.807, 2.05) is 0 Å². The topological polar surface area (TPSA) is 176 Å². The Morgan fingerprint density at radius 1 is 1.33 bits per heavy atom. The first kappa shape index (κ1) is 18.2. The van der Waals surface area contributed by atoms with Crippen LogP contribution in [0.3, 0.4) is 0 Å². The van der Waals surface area contributed by atoms with Crippen molar-refractivity contribution < 1.29 is 29.9 Å². The summed E-state index contributed by atoms with van der Waals surface area (Å²) >= 11 is 0. The lowest BCUT2D eigenvalue weighted by atomic mass is 9.98. The average Bonchev–Trinajstić information content (AvgIpc) is 2.58. The number of anilines is 1. The summed E-state index contributed by atoms with van der Waals surface area (Å²) in [6.07, 6.45) is -7.33. The van der Waals surface area contributed by atoms with Gasteiger partial charge in [0, 0.05) is 7.05 Å². The SMILES string of the molecule is COc1nc(N[C@@H]2O[C@H](CO)[C@@H](O)[C@H](O)[C@H]2O)c(N=O)c(=O)n1C. The largest absolute Gasteiger partial charge is 0.468 e. The first-order chi connectivity index (χ1) is 11.3. The van der Waals surface area contributed by atoms with Gasteiger partial charge in [-0.05, 0) is 5.18 Å². The molecule has 1 aliphatic heterocycles. The normalized spacial score (nSPS) is 30.0. The molecule has 1 saturated heterocycles. The van der Waals surface area contributed by atoms with Crippen LogP contribution in [0.15, 0.2) is 9.97 Å². The molecule has 0 unspecified atom stereocenters. The third kappa shape index (κ3) is 3.09. The molecule has 0 aliphatic carbocycles. The molecule has 0 saturated carbocycles. The van der Waals surface area contributed by atoms with Crippen LogP contribution in [-0.4, -0.2) is 74.3 Å². The standard InChI is InChI=1S/C12H18N4O8/c1-16-11(21)5(15-22)9(14-12(16)23-2)13-10-8(20)7(19)6(18)4(3-17)24-10/h4,6-8,10,13,17-20H,3H2,1-2H3/t4-,6-,7+,8-,10-/m1/s1. The third-order valence-corrected chi connectivity index (χ3v) is 3.67. The van der Waals surface area contributed by atoms with E-state index in [9.17, 15) is 25.0 Å². The lowest BCUT2D eigenvalue weighted by Crippen LogP contribution is -2.60. The molecule has 0 spiro atoms. The Hall–Kier alpha value is -2.12. The van der Waals surface area contributed by atoms with Crippen molar-refractivity contribution in [1.82, 2.24) is 9.55 Å². The molecule has 0 aromatic carbocycles. The lowest BCUT2D eigenvalue weighted by Gasteiger charge is -2.40. The summed E-state index contributed by atoms with van der Waals surface area (Å²) in [6, 6.07) is -0.139. The van der Waals surface area contributed by atoms with E-state index in [-0.39, 0.29) is 11.8 Å². The van der Waals surface area contributed by atoms with Crippen LogP contribution in [0.1, 0.15) is 0 Å². The Morgan fingerprint density at radius 2 is 2.00 bits per heavy atom. The zero-order valence-electron chi connectivity index (χ0n) is 12.9. The fraction of sp³-hybridized carbons (Fsp3) is 0.667. The first-order valence-electron chi connectivity index (χ1n) is 6.91. The van der Waals surface area contributed by atoms with Crippen LogP contribution >= 0.6 is 0 Å². The van der Waals surface area contributed by atoms with Crippen molar-refractivity contribution in [3.63, 3.8) is 0 Å². The molecule has 12 nitrogen and oxygen atoms in total. The highest BCUT2D eigenvalue weighted by Gasteiger charge is 2.44. The predicted molar refractivity (Wildman–Crippen MR) is 78.9 cm³/mol. The van der Waals surface area contributed by atoms with E-state index in [0.717, 1.165) is 4.57 Å². The predicted octanol–water partition coefficient (Wildman–Crippen LogP) is -2.60. The van der Waals surface area contributed by atoms with Gasteiger partial charge < -0.3 is 35.2 Å². The number of methoxy groups -OCH3 is 1. The van der Waals surface area contributed by atoms with Crippen molar-refractivity contribution in [3.8, 4) is 6.01 Å². The van der Waals surface area contributed by atoms with E-state index >= 15 is 0 Å². The van der Waals surface area contributed by atoms with Gasteiger partial charge in [0.2, 0.25) is 5.69 Å². The molecule has 1 aromatic heterocycles. The average molecular weight is 346 g/mol. The highest BCUT2D eigenvalue weighted by molar-refractivity contribution is 5.60. The number of ether oxygens (including phenoxy) is 2. The van der Waals surface area contributed by atoms with Gasteiger partial charge in [-0.3, -0.25) is 9.36 Å². The zero-order chi connectivity index (χ0) is 18.0. The van der Waals surface area contributed by atoms with Crippen LogP contribution in [0, 0.1) is 4.91 Å². The molecule has 2 heterocycles. The van der Waals surface area contributed by atoms with E-state index < -0.39 is 48.5 Å². The van der Waals surface area contributed by atoms with E-state index in [4.69, 9.17) is 14.6 Å². The number of nitroso groups, excluding NO2 is 1. The van der Waals surface area contributed by atoms with Crippen molar-refractivity contribution in [2.75, 3.05) is 19.0 Å². The second-order valence-electron chi connectivity index (χ2n) is 5.14. The maximum absolute atomic E-state index is 12.0. The number of nitrogens with zero attached hydrogens (tertiary/aromatic N) is 3. The van der Waals surface area contributed by atoms with Crippen LogP contribution in [0.5, 0.6) is 6.01 Å². The van der Waals surface area contributed by atoms with Gasteiger partial charge in [0.15, 0.2) is 12.0 Å². The summed E-state index contributed by atoms with van der Waals surface area (Å²) < 4.78 is 11.1. The van der Waals surface area contributed by atoms with Crippen molar-refractivity contribution in [1.29, 1.82) is 0 Å². The summed E-state index contributed by atoms with van der Waals surface area (Å²) in [6.45, 7) is -0.630. The van der Waals surface area contributed by atoms with Crippen LogP contribution in [0.25, 0.3) is 0 Å². The molecule has 2 rings (SSSR count). The zero-order valence-corrected chi connectivity index (χ0v) is 12.9. The number of nitrogens with one attached hydrogen (secondary N) is 1. The second kappa shape index (κ2) is 7.19. The molecule has 1 aromatic rings. The smallest absolute Gasteiger partial charge is 0.300 e. The van der Waals surface area contributed by atoms with Crippen molar-refractivity contribution in [3.05, 3.63) is 15.3 Å². The summed E-state index contributed by atoms with van der Waals surface area (Å²) in [5, 5.41) is 43.6. The molecule has 5 N–H and O–H groups in total. The number of aliphatic hydroxyl groups excluding tert-OH is 4. The summed E-state index contributed by atoms with van der Waals surface area (Å²) in [5.74, 6) is -0.339. The number of hydrogen-bond acceptors (Lipinski definition) is 11. The number of aromatic nitrogens is 2. The van der Waals surface area contributed by atoms with Crippen LogP contribution in [0.4, 0.5) is 11.5 Å². The molecular formula is C12H18N4O8. The van der Waals surface area contributed by atoms with Crippen LogP contribution < -0.4 is 15.6 Å². The fourth-order valence-electron chi connectivity index (χ4n) is 2.29. The number of rotatable bonds is 5. The molecule has 1 aliphatic rings. The van der Waals surface area contributed by atoms with Gasteiger partial charge in [0.25, 0.3) is 5.56 Å². The van der Waals surface area contributed by atoms with E-state index in [0.29, 0.717) is 0 Å². The molecule has 24 heavy (non-hydrogen) atoms. The van der Waals surface area contributed by atoms with Gasteiger partial charge in [-0.25, -0.2) is 0 Å². The quantitative estimate of drug-likeness (QED) is 0.355. The van der Waals surface area contributed by atoms with Gasteiger partial charge in [0.05, 0.1) is 13.7 Å². The van der Waals surface area contributed by atoms with Gasteiger partial charge in [-0.15, -0.1) is 4.91 Å². The Kier molecular flexibility index (Phi) is 5.46. The van der Waals surface area contributed by atoms with Gasteiger partial charge >= 0.3 is 6.01 Å². The number of aliphatic hydroxyl groups is 4. The minimum Gasteiger partial charge on any atom is -0.468 e. The van der Waals surface area contributed by atoms with E-state index in [1.54, 1.807) is 0 Å². The van der Waals surface area contributed by atoms with Crippen molar-refractivity contribution in [2.24, 2.45) is 12.2 Å². The molecule has 0 amide bonds. The fourth-order valence-corrected chi connectivity index (χ4v) is 2.29. The van der Waals surface area contributed by atoms with Gasteiger partial charge in [0.1, 0.15) is 24.4 Å². The molecule has 0 radical (unpaired) electrons. The van der Waals surface area contributed by atoms with Crippen LogP contribution in [-0.2, 0) is 11.8 Å². The minimum absolute atomic E-state index is 0.139. The molecule has 5 atom stereocenters. The lowest BCUT2D eigenvalue weighted by molar-refractivity contribution is -0.221. The highest BCUT2D eigenvalue weighted by Crippen LogP contribution is 2.26. The maximum Gasteiger partial charge on any atom is 0.300 e. The molecule has 134 valence electrons. The van der Waals surface area contributed by atoms with E-state index in [2.05, 4.69) is 15.5 Å². The summed E-state index contributed by atoms with van der Waals surface area (Å²) in [5.41, 5.74) is -1.39. The van der Waals surface area contributed by atoms with E-state index in [1.165, 1.54) is 14.2 Å². The summed E-state index contributed by atoms with van der Waals surface area (Å²) in [4.78, 5) is 26.9. The van der Waals surface area contributed by atoms with Crippen molar-refractivity contribution in [2.45, 2.75) is 30.6 Å². The van der Waals surface area contributed by atoms with Gasteiger partial charge in [-0.1, -0.05) is 0 Å². The molecular weight excluding hydrogens is 328 g/mol. The van der Waals surface area contributed by atoms with Gasteiger partial charge in [-0.2, -0.15) is 4.98 Å². The molecule has 0 bridgehead atoms. The monoisotopic (exact) mass is 346 g/mol. The third-order valence-electron chi connectivity index (χ3n) is 3.67.